The van der Waals surface area contributed by atoms with E-state index in [-0.39, 0.29) is 31.0 Å². The normalized spacial score (nSPS) is 16.2. The molecule has 2 aromatic rings. The van der Waals surface area contributed by atoms with Crippen LogP contribution < -0.4 is 5.32 Å². The highest BCUT2D eigenvalue weighted by molar-refractivity contribution is 5.95. The van der Waals surface area contributed by atoms with Crippen LogP contribution in [0.3, 0.4) is 0 Å². The van der Waals surface area contributed by atoms with Crippen molar-refractivity contribution in [3.05, 3.63) is 46.4 Å². The van der Waals surface area contributed by atoms with E-state index in [2.05, 4.69) is 10.4 Å². The number of amides is 1. The Balaban J connectivity index is 2.08. The molecule has 9 heteroatoms. The third-order valence-corrected chi connectivity index (χ3v) is 4.19. The summed E-state index contributed by atoms with van der Waals surface area (Å²) >= 11 is 0. The zero-order valence-corrected chi connectivity index (χ0v) is 14.1. The van der Waals surface area contributed by atoms with Gasteiger partial charge < -0.3 is 10.1 Å². The van der Waals surface area contributed by atoms with Crippen molar-refractivity contribution in [3.63, 3.8) is 0 Å². The fourth-order valence-corrected chi connectivity index (χ4v) is 3.13. The second-order valence-electron chi connectivity index (χ2n) is 5.88. The number of anilines is 1. The molecule has 0 fully saturated rings. The Kier molecular flexibility index (Phi) is 4.71. The van der Waals surface area contributed by atoms with Gasteiger partial charge in [-0.1, -0.05) is 6.07 Å². The Bertz CT molecular complexity index is 895. The van der Waals surface area contributed by atoms with Gasteiger partial charge in [0.15, 0.2) is 17.5 Å². The zero-order chi connectivity index (χ0) is 19.0. The Morgan fingerprint density at radius 2 is 2.08 bits per heavy atom. The average Bonchev–Trinajstić information content (AvgIpc) is 2.88. The van der Waals surface area contributed by atoms with Crippen LogP contribution in [0.15, 0.2) is 12.1 Å². The van der Waals surface area contributed by atoms with E-state index in [1.807, 2.05) is 0 Å². The molecule has 0 saturated heterocycles. The van der Waals surface area contributed by atoms with Crippen molar-refractivity contribution in [2.24, 2.45) is 0 Å². The van der Waals surface area contributed by atoms with Gasteiger partial charge in [0.1, 0.15) is 12.4 Å². The quantitative estimate of drug-likeness (QED) is 0.666. The van der Waals surface area contributed by atoms with Crippen molar-refractivity contribution in [2.45, 2.75) is 32.7 Å². The van der Waals surface area contributed by atoms with Crippen molar-refractivity contribution >= 4 is 17.7 Å². The molecule has 0 aliphatic carbocycles. The van der Waals surface area contributed by atoms with Gasteiger partial charge in [-0.15, -0.1) is 0 Å². The Hall–Kier alpha value is -2.84. The lowest BCUT2D eigenvalue weighted by molar-refractivity contribution is -0.144. The maximum atomic E-state index is 14.3. The molecule has 0 radical (unpaired) electrons. The van der Waals surface area contributed by atoms with Gasteiger partial charge in [-0.2, -0.15) is 5.10 Å². The molecule has 0 spiro atoms. The molecule has 138 valence electrons. The largest absolute Gasteiger partial charge is 0.465 e. The van der Waals surface area contributed by atoms with E-state index >= 15 is 0 Å². The van der Waals surface area contributed by atoms with Gasteiger partial charge in [-0.05, 0) is 25.5 Å². The first-order chi connectivity index (χ1) is 12.3. The number of nitrogens with zero attached hydrogens (tertiary/aromatic N) is 2. The number of ether oxygens (including phenoxy) is 1. The molecule has 2 heterocycles. The predicted molar refractivity (Wildman–Crippen MR) is 85.0 cm³/mol. The van der Waals surface area contributed by atoms with Crippen LogP contribution in [0.1, 0.15) is 36.1 Å². The Morgan fingerprint density at radius 1 is 1.35 bits per heavy atom. The van der Waals surface area contributed by atoms with Crippen molar-refractivity contribution in [1.82, 2.24) is 9.78 Å². The van der Waals surface area contributed by atoms with E-state index in [4.69, 9.17) is 4.74 Å². The number of carbonyl (C=O) groups excluding carboxylic acids is 2. The van der Waals surface area contributed by atoms with Crippen LogP contribution in [0.5, 0.6) is 0 Å². The second-order valence-corrected chi connectivity index (χ2v) is 5.88. The first-order valence-corrected chi connectivity index (χ1v) is 7.99. The molecule has 0 saturated carbocycles. The third kappa shape index (κ3) is 3.04. The molecule has 1 amide bonds. The number of esters is 1. The number of halogens is 3. The van der Waals surface area contributed by atoms with Gasteiger partial charge in [0.2, 0.25) is 5.91 Å². The molecule has 1 aliphatic heterocycles. The smallest absolute Gasteiger partial charge is 0.327 e. The number of benzene rings is 1. The fraction of sp³-hybridized carbons (Fsp3) is 0.353. The number of carbonyl (C=O) groups is 2. The molecule has 1 aromatic carbocycles. The van der Waals surface area contributed by atoms with E-state index in [9.17, 15) is 22.8 Å². The van der Waals surface area contributed by atoms with E-state index < -0.39 is 35.2 Å². The summed E-state index contributed by atoms with van der Waals surface area (Å²) in [6, 6.07) is 1.93. The fourth-order valence-electron chi connectivity index (χ4n) is 3.13. The number of hydrogen-bond donors (Lipinski definition) is 1. The molecule has 1 atom stereocenters. The number of hydrogen-bond acceptors (Lipinski definition) is 4. The minimum Gasteiger partial charge on any atom is -0.465 e. The Labute approximate surface area is 146 Å². The van der Waals surface area contributed by atoms with Crippen molar-refractivity contribution in [1.29, 1.82) is 0 Å². The standard InChI is InChI=1S/C17H16F3N3O3/c1-3-26-13(25)7-23-17-14(8(2)22-23)10(6-12(24)21-17)9-4-5-11(18)16(20)15(9)19/h4-5,10H,3,6-7H2,1-2H3,(H,21,24). The number of rotatable bonds is 4. The highest BCUT2D eigenvalue weighted by atomic mass is 19.2. The molecule has 6 nitrogen and oxygen atoms in total. The van der Waals surface area contributed by atoms with Gasteiger partial charge in [0, 0.05) is 17.9 Å². The van der Waals surface area contributed by atoms with Gasteiger partial charge in [0.25, 0.3) is 0 Å². The number of nitrogens with one attached hydrogen (secondary N) is 1. The van der Waals surface area contributed by atoms with Crippen molar-refractivity contribution in [2.75, 3.05) is 11.9 Å². The van der Waals surface area contributed by atoms with Crippen LogP contribution in [0, 0.1) is 24.4 Å². The van der Waals surface area contributed by atoms with Crippen LogP contribution in [0.2, 0.25) is 0 Å². The van der Waals surface area contributed by atoms with Crippen LogP contribution >= 0.6 is 0 Å². The number of aryl methyl sites for hydroxylation is 1. The minimum atomic E-state index is -1.59. The van der Waals surface area contributed by atoms with E-state index in [1.54, 1.807) is 13.8 Å². The van der Waals surface area contributed by atoms with Crippen molar-refractivity contribution in [3.8, 4) is 0 Å². The summed E-state index contributed by atoms with van der Waals surface area (Å²) in [6.45, 7) is 3.24. The van der Waals surface area contributed by atoms with E-state index in [1.165, 1.54) is 4.68 Å². The van der Waals surface area contributed by atoms with E-state index in [0.29, 0.717) is 11.3 Å². The summed E-state index contributed by atoms with van der Waals surface area (Å²) in [5.41, 5.74) is 0.760. The topological polar surface area (TPSA) is 73.2 Å². The molecule has 3 rings (SSSR count). The van der Waals surface area contributed by atoms with Gasteiger partial charge in [-0.25, -0.2) is 17.9 Å². The average molecular weight is 367 g/mol. The summed E-state index contributed by atoms with van der Waals surface area (Å²) in [5, 5.41) is 6.81. The summed E-state index contributed by atoms with van der Waals surface area (Å²) < 4.78 is 47.3. The zero-order valence-electron chi connectivity index (χ0n) is 14.1. The van der Waals surface area contributed by atoms with Crippen LogP contribution in [0.4, 0.5) is 19.0 Å². The lowest BCUT2D eigenvalue weighted by Gasteiger charge is -2.24. The Morgan fingerprint density at radius 3 is 2.77 bits per heavy atom. The summed E-state index contributed by atoms with van der Waals surface area (Å²) in [7, 11) is 0. The predicted octanol–water partition coefficient (Wildman–Crippen LogP) is 2.65. The second kappa shape index (κ2) is 6.81. The monoisotopic (exact) mass is 367 g/mol. The SMILES string of the molecule is CCOC(=O)Cn1nc(C)c2c1NC(=O)CC2c1ccc(F)c(F)c1F. The molecule has 1 aliphatic rings. The molecular weight excluding hydrogens is 351 g/mol. The van der Waals surface area contributed by atoms with Crippen LogP contribution in [-0.2, 0) is 20.9 Å². The number of fused-ring (bicyclic) bond motifs is 1. The van der Waals surface area contributed by atoms with Gasteiger partial charge >= 0.3 is 5.97 Å². The first-order valence-electron chi connectivity index (χ1n) is 7.99. The van der Waals surface area contributed by atoms with Crippen LogP contribution in [-0.4, -0.2) is 28.3 Å². The molecular formula is C17H16F3N3O3. The van der Waals surface area contributed by atoms with Crippen molar-refractivity contribution < 1.29 is 27.5 Å². The molecule has 0 bridgehead atoms. The third-order valence-electron chi connectivity index (χ3n) is 4.19. The molecule has 1 N–H and O–H groups in total. The lowest BCUT2D eigenvalue weighted by atomic mass is 9.85. The van der Waals surface area contributed by atoms with Gasteiger partial charge in [0.05, 0.1) is 12.3 Å². The summed E-state index contributed by atoms with van der Waals surface area (Å²) in [5.74, 6) is -5.85. The highest BCUT2D eigenvalue weighted by Gasteiger charge is 2.35. The maximum absolute atomic E-state index is 14.3. The summed E-state index contributed by atoms with van der Waals surface area (Å²) in [6.07, 6.45) is -0.152. The lowest BCUT2D eigenvalue weighted by Crippen LogP contribution is -2.27. The summed E-state index contributed by atoms with van der Waals surface area (Å²) in [4.78, 5) is 23.8. The first kappa shape index (κ1) is 18.0. The minimum absolute atomic E-state index is 0.140. The highest BCUT2D eigenvalue weighted by Crippen LogP contribution is 2.40. The molecule has 1 unspecified atom stereocenters. The number of aromatic nitrogens is 2. The molecule has 1 aromatic heterocycles. The maximum Gasteiger partial charge on any atom is 0.327 e. The molecule has 26 heavy (non-hydrogen) atoms. The van der Waals surface area contributed by atoms with Crippen LogP contribution in [0.25, 0.3) is 0 Å². The van der Waals surface area contributed by atoms with Gasteiger partial charge in [-0.3, -0.25) is 9.59 Å². The van der Waals surface area contributed by atoms with E-state index in [0.717, 1.165) is 12.1 Å².